The molecule has 1 spiro atoms. The number of likely N-dealkylation sites (tertiary alicyclic amines) is 1. The predicted octanol–water partition coefficient (Wildman–Crippen LogP) is 3.72. The highest BCUT2D eigenvalue weighted by Gasteiger charge is 2.49. The van der Waals surface area contributed by atoms with Crippen LogP contribution in [0.2, 0.25) is 0 Å². The molecule has 4 fully saturated rings. The number of nitrogens with zero attached hydrogens (tertiary/aromatic N) is 2. The summed E-state index contributed by atoms with van der Waals surface area (Å²) in [6.07, 6.45) is 6.81. The minimum Gasteiger partial charge on any atom is -0.492 e. The van der Waals surface area contributed by atoms with Crippen LogP contribution in [0.15, 0.2) is 18.2 Å². The molecule has 2 bridgehead atoms. The summed E-state index contributed by atoms with van der Waals surface area (Å²) in [6, 6.07) is 6.04. The number of rotatable bonds is 2. The van der Waals surface area contributed by atoms with E-state index >= 15 is 0 Å². The highest BCUT2D eigenvalue weighted by atomic mass is 19.1. The van der Waals surface area contributed by atoms with Crippen LogP contribution < -0.4 is 4.74 Å². The Balaban J connectivity index is 0.00000216. The Hall–Kier alpha value is -1.86. The van der Waals surface area contributed by atoms with E-state index in [4.69, 9.17) is 14.2 Å². The minimum atomic E-state index is -0.175. The van der Waals surface area contributed by atoms with E-state index in [1.807, 2.05) is 4.90 Å². The number of carbonyl (C=O) groups is 1. The zero-order valence-electron chi connectivity index (χ0n) is 17.9. The Bertz CT molecular complexity index is 842. The smallest absolute Gasteiger partial charge is 0.410 e. The number of halogens is 1. The average molecular weight is 433 g/mol. The van der Waals surface area contributed by atoms with Crippen LogP contribution in [0.4, 0.5) is 9.18 Å². The zero-order chi connectivity index (χ0) is 21.0. The zero-order valence-corrected chi connectivity index (χ0v) is 17.9. The maximum atomic E-state index is 13.9. The number of carbonyl (C=O) groups excluding carboxylic acids is 1. The van der Waals surface area contributed by atoms with Crippen LogP contribution in [-0.4, -0.2) is 73.0 Å². The maximum absolute atomic E-state index is 13.9. The van der Waals surface area contributed by atoms with E-state index in [9.17, 15) is 9.18 Å². The normalized spacial score (nSPS) is 34.0. The van der Waals surface area contributed by atoms with Gasteiger partial charge in [-0.05, 0) is 69.8 Å². The monoisotopic (exact) mass is 432 g/mol. The number of ether oxygens (including phenoxy) is 3. The quantitative estimate of drug-likeness (QED) is 0.713. The lowest BCUT2D eigenvalue weighted by molar-refractivity contribution is 0.00806. The fraction of sp³-hybridized carbons (Fsp3) is 0.708. The first kappa shape index (κ1) is 19.8. The van der Waals surface area contributed by atoms with Crippen molar-refractivity contribution < 1.29 is 24.8 Å². The summed E-state index contributed by atoms with van der Waals surface area (Å²) in [4.78, 5) is 17.4. The SMILES string of the molecule is O=C(O[C@H]1CCOC1)N1C2CCC1CC(N1CCC3(CC1)COc1ccc(F)cc13)C2.[HH]. The van der Waals surface area contributed by atoms with Crippen LogP contribution in [0.1, 0.15) is 51.9 Å². The second-order valence-corrected chi connectivity index (χ2v) is 10.0. The van der Waals surface area contributed by atoms with Crippen LogP contribution >= 0.6 is 0 Å². The van der Waals surface area contributed by atoms with Crippen LogP contribution in [0.25, 0.3) is 0 Å². The maximum Gasteiger partial charge on any atom is 0.410 e. The van der Waals surface area contributed by atoms with E-state index in [1.165, 1.54) is 6.07 Å². The van der Waals surface area contributed by atoms with Gasteiger partial charge in [-0.25, -0.2) is 9.18 Å². The Morgan fingerprint density at radius 1 is 1.13 bits per heavy atom. The average Bonchev–Trinajstić information content (AvgIpc) is 3.47. The number of benzene rings is 1. The molecule has 1 aromatic rings. The van der Waals surface area contributed by atoms with Gasteiger partial charge in [-0.3, -0.25) is 0 Å². The van der Waals surface area contributed by atoms with Crippen molar-refractivity contribution >= 4 is 6.09 Å². The molecule has 4 saturated heterocycles. The summed E-state index contributed by atoms with van der Waals surface area (Å²) in [6.45, 7) is 3.90. The summed E-state index contributed by atoms with van der Waals surface area (Å²) in [7, 11) is 0. The molecule has 1 amide bonds. The third kappa shape index (κ3) is 3.41. The lowest BCUT2D eigenvalue weighted by Crippen LogP contribution is -2.55. The highest BCUT2D eigenvalue weighted by molar-refractivity contribution is 5.69. The van der Waals surface area contributed by atoms with E-state index in [1.54, 1.807) is 12.1 Å². The largest absolute Gasteiger partial charge is 0.492 e. The van der Waals surface area contributed by atoms with Crippen molar-refractivity contribution in [2.24, 2.45) is 0 Å². The standard InChI is InChI=1S/C24H31FN2O4.H2/c25-16-1-4-22-21(11-16)24(15-30-22)6-8-26(9-7-24)19-12-17-2-3-18(13-19)27(17)23(28)31-20-5-10-29-14-20;/h1,4,11,17-20H,2-3,5-10,12-15H2;1H/t17?,18?,19?,20-;/m0./s1. The van der Waals surface area contributed by atoms with Crippen LogP contribution in [0.3, 0.4) is 0 Å². The van der Waals surface area contributed by atoms with E-state index in [0.29, 0.717) is 37.9 Å². The molecular formula is C24H33FN2O4. The van der Waals surface area contributed by atoms with E-state index in [2.05, 4.69) is 4.90 Å². The first-order valence-corrected chi connectivity index (χ1v) is 11.8. The van der Waals surface area contributed by atoms with Gasteiger partial charge in [-0.2, -0.15) is 0 Å². The molecule has 1 aromatic carbocycles. The lowest BCUT2D eigenvalue weighted by atomic mass is 9.74. The van der Waals surface area contributed by atoms with Crippen LogP contribution in [0.5, 0.6) is 5.75 Å². The highest BCUT2D eigenvalue weighted by Crippen LogP contribution is 2.47. The van der Waals surface area contributed by atoms with Gasteiger partial charge in [-0.1, -0.05) is 0 Å². The fourth-order valence-electron chi connectivity index (χ4n) is 6.62. The van der Waals surface area contributed by atoms with Gasteiger partial charge in [-0.15, -0.1) is 0 Å². The van der Waals surface area contributed by atoms with Gasteiger partial charge in [0.05, 0.1) is 19.8 Å². The topological polar surface area (TPSA) is 51.2 Å². The summed E-state index contributed by atoms with van der Waals surface area (Å²) in [5.74, 6) is 0.679. The predicted molar refractivity (Wildman–Crippen MR) is 114 cm³/mol. The Labute approximate surface area is 184 Å². The van der Waals surface area contributed by atoms with Crippen LogP contribution in [-0.2, 0) is 14.9 Å². The van der Waals surface area contributed by atoms with Gasteiger partial charge < -0.3 is 24.0 Å². The molecule has 0 aromatic heterocycles. The van der Waals surface area contributed by atoms with Gasteiger partial charge in [0.1, 0.15) is 17.7 Å². The summed E-state index contributed by atoms with van der Waals surface area (Å²) < 4.78 is 30.9. The van der Waals surface area contributed by atoms with Crippen LogP contribution in [0, 0.1) is 5.82 Å². The molecule has 0 aliphatic carbocycles. The lowest BCUT2D eigenvalue weighted by Gasteiger charge is -2.47. The van der Waals surface area contributed by atoms with Gasteiger partial charge in [0.25, 0.3) is 0 Å². The Morgan fingerprint density at radius 2 is 1.90 bits per heavy atom. The molecule has 3 atom stereocenters. The molecular weight excluding hydrogens is 399 g/mol. The molecule has 5 aliphatic heterocycles. The van der Waals surface area contributed by atoms with E-state index in [-0.39, 0.29) is 24.9 Å². The molecule has 31 heavy (non-hydrogen) atoms. The molecule has 0 radical (unpaired) electrons. The molecule has 6 nitrogen and oxygen atoms in total. The van der Waals surface area contributed by atoms with Crippen molar-refractivity contribution in [3.63, 3.8) is 0 Å². The minimum absolute atomic E-state index is 0. The molecule has 2 unspecified atom stereocenters. The van der Waals surface area contributed by atoms with Crippen molar-refractivity contribution in [1.29, 1.82) is 0 Å². The molecule has 7 heteroatoms. The third-order valence-electron chi connectivity index (χ3n) is 8.36. The van der Waals surface area contributed by atoms with Gasteiger partial charge in [0.2, 0.25) is 0 Å². The molecule has 0 saturated carbocycles. The summed E-state index contributed by atoms with van der Waals surface area (Å²) in [5, 5.41) is 0. The second kappa shape index (κ2) is 7.62. The summed E-state index contributed by atoms with van der Waals surface area (Å²) in [5.41, 5.74) is 1.02. The summed E-state index contributed by atoms with van der Waals surface area (Å²) >= 11 is 0. The van der Waals surface area contributed by atoms with Gasteiger partial charge >= 0.3 is 6.09 Å². The number of hydrogen-bond acceptors (Lipinski definition) is 5. The molecule has 5 heterocycles. The van der Waals surface area contributed by atoms with Crippen molar-refractivity contribution in [2.75, 3.05) is 32.9 Å². The Kier molecular flexibility index (Phi) is 4.87. The fourth-order valence-corrected chi connectivity index (χ4v) is 6.62. The van der Waals surface area contributed by atoms with Crippen molar-refractivity contribution in [2.45, 2.75) is 74.6 Å². The van der Waals surface area contributed by atoms with Gasteiger partial charge in [0, 0.05) is 37.0 Å². The molecule has 5 aliphatic rings. The first-order chi connectivity index (χ1) is 15.1. The van der Waals surface area contributed by atoms with E-state index in [0.717, 1.165) is 69.3 Å². The number of fused-ring (bicyclic) bond motifs is 4. The third-order valence-corrected chi connectivity index (χ3v) is 8.36. The number of hydrogen-bond donors (Lipinski definition) is 0. The van der Waals surface area contributed by atoms with Gasteiger partial charge in [0.15, 0.2) is 0 Å². The Morgan fingerprint density at radius 3 is 2.61 bits per heavy atom. The molecule has 0 N–H and O–H groups in total. The van der Waals surface area contributed by atoms with Crippen molar-refractivity contribution in [3.05, 3.63) is 29.6 Å². The second-order valence-electron chi connectivity index (χ2n) is 10.0. The van der Waals surface area contributed by atoms with Crippen molar-refractivity contribution in [1.82, 2.24) is 9.80 Å². The molecule has 170 valence electrons. The number of piperidine rings is 2. The van der Waals surface area contributed by atoms with E-state index < -0.39 is 0 Å². The first-order valence-electron chi connectivity index (χ1n) is 11.8. The number of amides is 1. The molecule has 6 rings (SSSR count). The van der Waals surface area contributed by atoms with Crippen molar-refractivity contribution in [3.8, 4) is 5.75 Å².